The van der Waals surface area contributed by atoms with E-state index >= 15 is 0 Å². The number of benzene rings is 1. The predicted octanol–water partition coefficient (Wildman–Crippen LogP) is 2.41. The number of piperidine rings is 1. The van der Waals surface area contributed by atoms with Gasteiger partial charge >= 0.3 is 12.1 Å². The van der Waals surface area contributed by atoms with Crippen molar-refractivity contribution in [1.29, 1.82) is 0 Å². The Morgan fingerprint density at radius 1 is 1.27 bits per heavy atom. The van der Waals surface area contributed by atoms with Crippen molar-refractivity contribution in [1.82, 2.24) is 25.6 Å². The molecular formula is C20H25FN6O3. The third-order valence-corrected chi connectivity index (χ3v) is 4.81. The Hall–Kier alpha value is -3.43. The van der Waals surface area contributed by atoms with E-state index in [9.17, 15) is 14.0 Å². The maximum absolute atomic E-state index is 14.5. The van der Waals surface area contributed by atoms with E-state index in [0.717, 1.165) is 11.1 Å². The average Bonchev–Trinajstić information content (AvgIpc) is 2.77. The lowest BCUT2D eigenvalue weighted by atomic mass is 9.95. The van der Waals surface area contributed by atoms with Gasteiger partial charge in [-0.2, -0.15) is 0 Å². The van der Waals surface area contributed by atoms with E-state index in [1.54, 1.807) is 0 Å². The number of ether oxygens (including phenoxy) is 1. The predicted molar refractivity (Wildman–Crippen MR) is 108 cm³/mol. The first-order chi connectivity index (χ1) is 14.5. The topological polar surface area (TPSA) is 108 Å². The van der Waals surface area contributed by atoms with Crippen molar-refractivity contribution in [3.63, 3.8) is 0 Å². The van der Waals surface area contributed by atoms with Crippen molar-refractivity contribution in [3.8, 4) is 0 Å². The molecule has 0 bridgehead atoms. The maximum atomic E-state index is 14.5. The molecule has 10 heteroatoms. The van der Waals surface area contributed by atoms with Crippen LogP contribution in [0.4, 0.5) is 19.8 Å². The van der Waals surface area contributed by atoms with Crippen LogP contribution in [0.15, 0.2) is 42.9 Å². The summed E-state index contributed by atoms with van der Waals surface area (Å²) in [5.74, 6) is 0.00175. The number of carbonyl (C=O) groups excluding carboxylic acids is 2. The minimum absolute atomic E-state index is 0.0570. The zero-order valence-corrected chi connectivity index (χ0v) is 16.7. The van der Waals surface area contributed by atoms with E-state index < -0.39 is 18.3 Å². The fourth-order valence-electron chi connectivity index (χ4n) is 3.02. The van der Waals surface area contributed by atoms with Crippen LogP contribution in [-0.2, 0) is 11.3 Å². The van der Waals surface area contributed by atoms with Crippen molar-refractivity contribution >= 4 is 17.9 Å². The van der Waals surface area contributed by atoms with Crippen molar-refractivity contribution in [2.24, 2.45) is 5.92 Å². The molecule has 1 aliphatic heterocycles. The number of hydrazine groups is 1. The number of anilines is 1. The molecule has 3 N–H and O–H groups in total. The summed E-state index contributed by atoms with van der Waals surface area (Å²) in [5, 5.41) is 2.61. The molecule has 160 valence electrons. The number of amides is 3. The van der Waals surface area contributed by atoms with E-state index in [2.05, 4.69) is 26.1 Å². The molecule has 1 saturated heterocycles. The number of hydrogen-bond acceptors (Lipinski definition) is 6. The molecule has 1 aromatic carbocycles. The number of nitrogens with one attached hydrogen (secondary N) is 3. The number of urea groups is 1. The van der Waals surface area contributed by atoms with Crippen molar-refractivity contribution in [3.05, 3.63) is 54.0 Å². The number of alkyl halides is 1. The molecule has 0 spiro atoms. The average molecular weight is 416 g/mol. The van der Waals surface area contributed by atoms with E-state index in [1.807, 2.05) is 31.2 Å². The van der Waals surface area contributed by atoms with Gasteiger partial charge in [0.25, 0.3) is 0 Å². The van der Waals surface area contributed by atoms with E-state index in [4.69, 9.17) is 4.74 Å². The standard InChI is InChI=1S/C20H25FN6O3/c1-14-2-4-15(5-3-14)13-30-20(29)27-9-6-16(17(21)12-27)10-24-19(28)26-25-18-11-22-7-8-23-18/h2-5,7-8,11,16-17H,6,9-10,12-13H2,1H3,(H,23,25)(H2,24,26,28)/t16-,17-/m1/s1. The fourth-order valence-corrected chi connectivity index (χ4v) is 3.02. The number of halogens is 1. The lowest BCUT2D eigenvalue weighted by Crippen LogP contribution is -2.49. The molecule has 2 heterocycles. The molecule has 30 heavy (non-hydrogen) atoms. The Kier molecular flexibility index (Phi) is 7.36. The van der Waals surface area contributed by atoms with E-state index in [0.29, 0.717) is 18.8 Å². The van der Waals surface area contributed by atoms with Gasteiger partial charge in [-0.25, -0.2) is 19.0 Å². The van der Waals surface area contributed by atoms with Crippen LogP contribution in [0.5, 0.6) is 0 Å². The first-order valence-electron chi connectivity index (χ1n) is 9.68. The number of aryl methyl sites for hydroxylation is 1. The number of hydrogen-bond donors (Lipinski definition) is 3. The molecule has 2 atom stereocenters. The zero-order chi connectivity index (χ0) is 21.3. The zero-order valence-electron chi connectivity index (χ0n) is 16.7. The molecule has 1 fully saturated rings. The van der Waals surface area contributed by atoms with E-state index in [1.165, 1.54) is 23.5 Å². The van der Waals surface area contributed by atoms with Gasteiger partial charge in [-0.1, -0.05) is 29.8 Å². The molecule has 3 rings (SSSR count). The van der Waals surface area contributed by atoms with Gasteiger partial charge in [0.2, 0.25) is 0 Å². The molecular weight excluding hydrogens is 391 g/mol. The first kappa shape index (κ1) is 21.3. The smallest absolute Gasteiger partial charge is 0.410 e. The van der Waals surface area contributed by atoms with Crippen LogP contribution in [0.1, 0.15) is 17.5 Å². The third kappa shape index (κ3) is 6.29. The Morgan fingerprint density at radius 3 is 2.77 bits per heavy atom. The number of rotatable bonds is 6. The Labute approximate surface area is 174 Å². The number of carbonyl (C=O) groups is 2. The molecule has 1 aliphatic rings. The molecule has 9 nitrogen and oxygen atoms in total. The van der Waals surface area contributed by atoms with Gasteiger partial charge in [0.15, 0.2) is 5.82 Å². The molecule has 0 radical (unpaired) electrons. The summed E-state index contributed by atoms with van der Waals surface area (Å²) in [5.41, 5.74) is 7.01. The number of aromatic nitrogens is 2. The quantitative estimate of drug-likeness (QED) is 0.624. The molecule has 0 aliphatic carbocycles. The number of nitrogens with zero attached hydrogens (tertiary/aromatic N) is 3. The van der Waals surface area contributed by atoms with Crippen LogP contribution in [-0.4, -0.2) is 52.8 Å². The second kappa shape index (κ2) is 10.4. The highest BCUT2D eigenvalue weighted by atomic mass is 19.1. The second-order valence-electron chi connectivity index (χ2n) is 7.10. The highest BCUT2D eigenvalue weighted by molar-refractivity contribution is 5.75. The van der Waals surface area contributed by atoms with Crippen molar-refractivity contribution in [2.45, 2.75) is 26.1 Å². The van der Waals surface area contributed by atoms with Gasteiger partial charge in [0.1, 0.15) is 12.8 Å². The minimum atomic E-state index is -1.25. The lowest BCUT2D eigenvalue weighted by molar-refractivity contribution is 0.0522. The number of likely N-dealkylation sites (tertiary alicyclic amines) is 1. The van der Waals surface area contributed by atoms with Gasteiger partial charge in [0, 0.05) is 31.4 Å². The van der Waals surface area contributed by atoms with Crippen LogP contribution < -0.4 is 16.2 Å². The molecule has 1 aromatic heterocycles. The summed E-state index contributed by atoms with van der Waals surface area (Å²) in [6.07, 6.45) is 3.09. The minimum Gasteiger partial charge on any atom is -0.445 e. The van der Waals surface area contributed by atoms with Crippen molar-refractivity contribution < 1.29 is 18.7 Å². The van der Waals surface area contributed by atoms with Crippen LogP contribution in [0, 0.1) is 12.8 Å². The summed E-state index contributed by atoms with van der Waals surface area (Å²) in [6, 6.07) is 7.16. The Bertz CT molecular complexity index is 836. The Morgan fingerprint density at radius 2 is 2.07 bits per heavy atom. The molecule has 2 aromatic rings. The monoisotopic (exact) mass is 416 g/mol. The van der Waals surface area contributed by atoms with E-state index in [-0.39, 0.29) is 25.6 Å². The third-order valence-electron chi connectivity index (χ3n) is 4.81. The maximum Gasteiger partial charge on any atom is 0.410 e. The van der Waals surface area contributed by atoms with Gasteiger partial charge < -0.3 is 15.0 Å². The second-order valence-corrected chi connectivity index (χ2v) is 7.10. The fraction of sp³-hybridized carbons (Fsp3) is 0.400. The normalized spacial score (nSPS) is 18.4. The summed E-state index contributed by atoms with van der Waals surface area (Å²) in [4.78, 5) is 33.2. The lowest BCUT2D eigenvalue weighted by Gasteiger charge is -2.34. The largest absolute Gasteiger partial charge is 0.445 e. The van der Waals surface area contributed by atoms with Gasteiger partial charge in [-0.3, -0.25) is 15.8 Å². The molecule has 3 amide bonds. The molecule has 0 saturated carbocycles. The van der Waals surface area contributed by atoms with Crippen LogP contribution >= 0.6 is 0 Å². The summed E-state index contributed by atoms with van der Waals surface area (Å²) in [6.45, 7) is 2.60. The van der Waals surface area contributed by atoms with Crippen LogP contribution in [0.3, 0.4) is 0 Å². The Balaban J connectivity index is 1.36. The highest BCUT2D eigenvalue weighted by Crippen LogP contribution is 2.21. The SMILES string of the molecule is Cc1ccc(COC(=O)N2CC[C@H](CNC(=O)NNc3cnccn3)[C@H](F)C2)cc1. The van der Waals surface area contributed by atoms with Gasteiger partial charge in [-0.15, -0.1) is 0 Å². The summed E-state index contributed by atoms with van der Waals surface area (Å²) >= 11 is 0. The first-order valence-corrected chi connectivity index (χ1v) is 9.68. The van der Waals surface area contributed by atoms with Crippen LogP contribution in [0.2, 0.25) is 0 Å². The summed E-state index contributed by atoms with van der Waals surface area (Å²) in [7, 11) is 0. The highest BCUT2D eigenvalue weighted by Gasteiger charge is 2.32. The summed E-state index contributed by atoms with van der Waals surface area (Å²) < 4.78 is 19.8. The molecule has 0 unspecified atom stereocenters. The van der Waals surface area contributed by atoms with Gasteiger partial charge in [-0.05, 0) is 18.9 Å². The van der Waals surface area contributed by atoms with Crippen molar-refractivity contribution in [2.75, 3.05) is 25.1 Å². The van der Waals surface area contributed by atoms with Gasteiger partial charge in [0.05, 0.1) is 12.7 Å². The van der Waals surface area contributed by atoms with Crippen LogP contribution in [0.25, 0.3) is 0 Å².